The first-order valence-electron chi connectivity index (χ1n) is 10.8. The monoisotopic (exact) mass is 511 g/mol. The summed E-state index contributed by atoms with van der Waals surface area (Å²) in [7, 11) is 2.70. The predicted octanol–water partition coefficient (Wildman–Crippen LogP) is 5.28. The van der Waals surface area contributed by atoms with Gasteiger partial charge < -0.3 is 4.74 Å². The summed E-state index contributed by atoms with van der Waals surface area (Å²) in [4.78, 5) is 33.1. The molecule has 0 saturated carbocycles. The summed E-state index contributed by atoms with van der Waals surface area (Å²) in [5, 5.41) is 2.94. The average molecular weight is 511 g/mol. The Labute approximate surface area is 205 Å². The second kappa shape index (κ2) is 8.73. The highest BCUT2D eigenvalue weighted by Gasteiger charge is 2.34. The van der Waals surface area contributed by atoms with Crippen LogP contribution >= 0.6 is 0 Å². The van der Waals surface area contributed by atoms with Gasteiger partial charge in [-0.25, -0.2) is 19.0 Å². The van der Waals surface area contributed by atoms with Crippen molar-refractivity contribution in [2.45, 2.75) is 6.18 Å². The molecule has 0 bridgehead atoms. The smallest absolute Gasteiger partial charge is 0.419 e. The Hall–Kier alpha value is -4.74. The number of carbonyl (C=O) groups excluding carboxylic acids is 1. The van der Waals surface area contributed by atoms with Gasteiger partial charge in [-0.2, -0.15) is 13.2 Å². The van der Waals surface area contributed by atoms with Crippen molar-refractivity contribution in [3.05, 3.63) is 82.8 Å². The molecule has 0 unspecified atom stereocenters. The zero-order valence-corrected chi connectivity index (χ0v) is 19.3. The van der Waals surface area contributed by atoms with Gasteiger partial charge in [-0.1, -0.05) is 6.07 Å². The number of halogens is 4. The van der Waals surface area contributed by atoms with Crippen LogP contribution in [0.1, 0.15) is 5.56 Å². The number of anilines is 1. The fourth-order valence-corrected chi connectivity index (χ4v) is 4.08. The molecule has 0 saturated heterocycles. The molecule has 0 aliphatic rings. The largest absolute Gasteiger partial charge is 0.453 e. The quantitative estimate of drug-likeness (QED) is 0.333. The SMILES string of the molecule is COC(=O)Nc1ccc(-c2ccc3ncc4c(c3c2)n(-c2ccc(F)c(C(F)(F)F)c2)c(=O)n4C)cn1. The van der Waals surface area contributed by atoms with Crippen LogP contribution in [0.5, 0.6) is 0 Å². The Morgan fingerprint density at radius 3 is 2.43 bits per heavy atom. The predicted molar refractivity (Wildman–Crippen MR) is 128 cm³/mol. The van der Waals surface area contributed by atoms with Crippen LogP contribution in [0, 0.1) is 5.82 Å². The number of aryl methyl sites for hydroxylation is 1. The topological polar surface area (TPSA) is 91.0 Å². The van der Waals surface area contributed by atoms with E-state index in [1.165, 1.54) is 31.1 Å². The van der Waals surface area contributed by atoms with E-state index in [0.29, 0.717) is 45.2 Å². The van der Waals surface area contributed by atoms with Crippen molar-refractivity contribution in [3.8, 4) is 16.8 Å². The molecule has 0 radical (unpaired) electrons. The minimum atomic E-state index is -4.94. The molecule has 0 spiro atoms. The highest BCUT2D eigenvalue weighted by molar-refractivity contribution is 6.04. The number of aromatic nitrogens is 4. The molecule has 0 aliphatic carbocycles. The number of nitrogens with zero attached hydrogens (tertiary/aromatic N) is 4. The van der Waals surface area contributed by atoms with Crippen LogP contribution in [-0.2, 0) is 18.0 Å². The lowest BCUT2D eigenvalue weighted by Gasteiger charge is -2.12. The van der Waals surface area contributed by atoms with Crippen LogP contribution in [0.25, 0.3) is 38.8 Å². The van der Waals surface area contributed by atoms with Crippen LogP contribution < -0.4 is 11.0 Å². The number of fused-ring (bicyclic) bond motifs is 3. The molecule has 1 N–H and O–H groups in total. The van der Waals surface area contributed by atoms with Gasteiger partial charge >= 0.3 is 18.0 Å². The highest BCUT2D eigenvalue weighted by atomic mass is 19.4. The third-order valence-electron chi connectivity index (χ3n) is 5.91. The first kappa shape index (κ1) is 24.0. The molecule has 12 heteroatoms. The molecule has 3 heterocycles. The van der Waals surface area contributed by atoms with Crippen molar-refractivity contribution < 1.29 is 27.1 Å². The summed E-state index contributed by atoms with van der Waals surface area (Å²) in [6.45, 7) is 0. The zero-order chi connectivity index (χ0) is 26.5. The number of imidazole rings is 1. The lowest BCUT2D eigenvalue weighted by molar-refractivity contribution is -0.140. The normalized spacial score (nSPS) is 11.7. The second-order valence-electron chi connectivity index (χ2n) is 8.11. The number of hydrogen-bond acceptors (Lipinski definition) is 5. The van der Waals surface area contributed by atoms with Crippen molar-refractivity contribution in [2.75, 3.05) is 12.4 Å². The third-order valence-corrected chi connectivity index (χ3v) is 5.91. The van der Waals surface area contributed by atoms with Crippen LogP contribution in [-0.4, -0.2) is 32.3 Å². The Balaban J connectivity index is 1.72. The van der Waals surface area contributed by atoms with Gasteiger partial charge in [-0.05, 0) is 48.0 Å². The molecule has 2 aromatic carbocycles. The van der Waals surface area contributed by atoms with Crippen molar-refractivity contribution in [1.82, 2.24) is 19.1 Å². The van der Waals surface area contributed by atoms with E-state index in [0.717, 1.165) is 10.6 Å². The minimum absolute atomic E-state index is 0.137. The highest BCUT2D eigenvalue weighted by Crippen LogP contribution is 2.34. The molecule has 188 valence electrons. The van der Waals surface area contributed by atoms with E-state index in [1.807, 2.05) is 0 Å². The summed E-state index contributed by atoms with van der Waals surface area (Å²) >= 11 is 0. The molecular weight excluding hydrogens is 494 g/mol. The van der Waals surface area contributed by atoms with E-state index in [2.05, 4.69) is 20.0 Å². The lowest BCUT2D eigenvalue weighted by Crippen LogP contribution is -2.21. The molecule has 0 fully saturated rings. The Morgan fingerprint density at radius 1 is 1.00 bits per heavy atom. The summed E-state index contributed by atoms with van der Waals surface area (Å²) in [6, 6.07) is 10.9. The average Bonchev–Trinajstić information content (AvgIpc) is 3.14. The molecule has 3 aromatic heterocycles. The summed E-state index contributed by atoms with van der Waals surface area (Å²) in [5.41, 5.74) is 0.304. The maximum absolute atomic E-state index is 14.0. The number of amides is 1. The Kier molecular flexibility index (Phi) is 5.66. The Morgan fingerprint density at radius 2 is 1.76 bits per heavy atom. The van der Waals surface area contributed by atoms with Crippen LogP contribution in [0.3, 0.4) is 0 Å². The molecule has 8 nitrogen and oxygen atoms in total. The van der Waals surface area contributed by atoms with Gasteiger partial charge in [-0.3, -0.25) is 19.4 Å². The van der Waals surface area contributed by atoms with Gasteiger partial charge in [-0.15, -0.1) is 0 Å². The lowest BCUT2D eigenvalue weighted by atomic mass is 10.0. The van der Waals surface area contributed by atoms with E-state index < -0.39 is 29.3 Å². The van der Waals surface area contributed by atoms with Gasteiger partial charge in [0.05, 0.1) is 41.1 Å². The van der Waals surface area contributed by atoms with E-state index in [4.69, 9.17) is 0 Å². The summed E-state index contributed by atoms with van der Waals surface area (Å²) in [5.74, 6) is -1.16. The van der Waals surface area contributed by atoms with E-state index in [1.54, 1.807) is 30.3 Å². The molecular formula is C25H17F4N5O3. The third kappa shape index (κ3) is 4.15. The minimum Gasteiger partial charge on any atom is -0.453 e. The number of hydrogen-bond donors (Lipinski definition) is 1. The van der Waals surface area contributed by atoms with Gasteiger partial charge in [0, 0.05) is 24.2 Å². The fourth-order valence-electron chi connectivity index (χ4n) is 4.08. The van der Waals surface area contributed by atoms with Gasteiger partial charge in [0.2, 0.25) is 0 Å². The molecule has 1 amide bonds. The standard InChI is InChI=1S/C25H17F4N5O3/c1-33-20-12-30-19-7-3-13(14-4-8-21(31-11-14)32-23(35)37-2)9-16(19)22(20)34(24(33)36)15-5-6-18(26)17(10-15)25(27,28)29/h3-12H,1-2H3,(H,31,32,35). The van der Waals surface area contributed by atoms with Gasteiger partial charge in [0.1, 0.15) is 11.6 Å². The maximum atomic E-state index is 14.0. The van der Waals surface area contributed by atoms with Crippen LogP contribution in [0.4, 0.5) is 28.2 Å². The van der Waals surface area contributed by atoms with E-state index in [9.17, 15) is 27.2 Å². The number of rotatable bonds is 3. The zero-order valence-electron chi connectivity index (χ0n) is 19.3. The molecule has 0 aliphatic heterocycles. The number of nitrogens with one attached hydrogen (secondary N) is 1. The van der Waals surface area contributed by atoms with Crippen LogP contribution in [0.15, 0.2) is 65.7 Å². The number of pyridine rings is 2. The summed E-state index contributed by atoms with van der Waals surface area (Å²) in [6.07, 6.45) is -2.63. The van der Waals surface area contributed by atoms with Crippen molar-refractivity contribution in [2.24, 2.45) is 7.05 Å². The number of benzene rings is 2. The van der Waals surface area contributed by atoms with Crippen molar-refractivity contribution >= 4 is 33.8 Å². The number of carbonyl (C=O) groups is 1. The molecule has 5 rings (SSSR count). The number of methoxy groups -OCH3 is 1. The van der Waals surface area contributed by atoms with Crippen LogP contribution in [0.2, 0.25) is 0 Å². The van der Waals surface area contributed by atoms with Gasteiger partial charge in [0.15, 0.2) is 0 Å². The number of alkyl halides is 3. The van der Waals surface area contributed by atoms with Crippen molar-refractivity contribution in [3.63, 3.8) is 0 Å². The Bertz CT molecular complexity index is 1740. The van der Waals surface area contributed by atoms with Gasteiger partial charge in [0.25, 0.3) is 0 Å². The number of ether oxygens (including phenoxy) is 1. The fraction of sp³-hybridized carbons (Fsp3) is 0.120. The second-order valence-corrected chi connectivity index (χ2v) is 8.11. The first-order valence-corrected chi connectivity index (χ1v) is 10.8. The molecule has 37 heavy (non-hydrogen) atoms. The molecule has 0 atom stereocenters. The maximum Gasteiger partial charge on any atom is 0.419 e. The molecule has 5 aromatic rings. The van der Waals surface area contributed by atoms with Crippen molar-refractivity contribution in [1.29, 1.82) is 0 Å². The summed E-state index contributed by atoms with van der Waals surface area (Å²) < 4.78 is 61.1. The first-order chi connectivity index (χ1) is 17.6. The van der Waals surface area contributed by atoms with E-state index >= 15 is 0 Å². The van der Waals surface area contributed by atoms with E-state index in [-0.39, 0.29) is 11.5 Å².